The third kappa shape index (κ3) is 2.96. The smallest absolute Gasteiger partial charge is 0.196 e. The van der Waals surface area contributed by atoms with E-state index in [1.165, 1.54) is 6.07 Å². The Morgan fingerprint density at radius 2 is 2.22 bits per heavy atom. The highest BCUT2D eigenvalue weighted by Gasteiger charge is 2.08. The Morgan fingerprint density at radius 3 is 2.94 bits per heavy atom. The number of aryl methyl sites for hydroxylation is 1. The summed E-state index contributed by atoms with van der Waals surface area (Å²) in [5, 5.41) is 3.20. The molecule has 18 heavy (non-hydrogen) atoms. The van der Waals surface area contributed by atoms with Crippen LogP contribution in [0.1, 0.15) is 18.4 Å². The molecule has 0 aliphatic carbocycles. The molecule has 1 aromatic heterocycles. The fourth-order valence-electron chi connectivity index (χ4n) is 1.68. The molecule has 4 heteroatoms. The van der Waals surface area contributed by atoms with Gasteiger partial charge in [-0.3, -0.25) is 0 Å². The Kier molecular flexibility index (Phi) is 4.10. The molecule has 0 saturated carbocycles. The predicted molar refractivity (Wildman–Crippen MR) is 68.9 cm³/mol. The molecular weight excluding hydrogens is 231 g/mol. The lowest BCUT2D eigenvalue weighted by Crippen LogP contribution is -2.16. The van der Waals surface area contributed by atoms with Crippen LogP contribution in [0.2, 0.25) is 0 Å². The second-order valence-corrected chi connectivity index (χ2v) is 4.19. The number of nitrogens with zero attached hydrogens (tertiary/aromatic N) is 1. The number of hydrogen-bond donors (Lipinski definition) is 1. The first kappa shape index (κ1) is 12.8. The molecular formula is C14H17FN2O. The fraction of sp³-hybridized carbons (Fsp3) is 0.357. The minimum Gasteiger partial charge on any atom is -0.441 e. The van der Waals surface area contributed by atoms with Crippen molar-refractivity contribution in [2.45, 2.75) is 20.3 Å². The maximum absolute atomic E-state index is 13.4. The van der Waals surface area contributed by atoms with E-state index in [2.05, 4.69) is 17.2 Å². The lowest BCUT2D eigenvalue weighted by Gasteiger charge is -2.00. The molecule has 0 radical (unpaired) electrons. The number of rotatable bonds is 5. The minimum atomic E-state index is -0.224. The highest BCUT2D eigenvalue weighted by Crippen LogP contribution is 2.22. The van der Waals surface area contributed by atoms with Gasteiger partial charge < -0.3 is 9.73 Å². The normalized spacial score (nSPS) is 10.8. The molecule has 0 bridgehead atoms. The first-order valence-electron chi connectivity index (χ1n) is 6.12. The van der Waals surface area contributed by atoms with Gasteiger partial charge in [-0.15, -0.1) is 0 Å². The monoisotopic (exact) mass is 248 g/mol. The molecule has 1 heterocycles. The minimum absolute atomic E-state index is 0.224. The second kappa shape index (κ2) is 5.78. The highest BCUT2D eigenvalue weighted by atomic mass is 19.1. The van der Waals surface area contributed by atoms with Crippen molar-refractivity contribution in [1.82, 2.24) is 10.3 Å². The summed E-state index contributed by atoms with van der Waals surface area (Å²) < 4.78 is 19.0. The van der Waals surface area contributed by atoms with E-state index in [1.54, 1.807) is 19.2 Å². The summed E-state index contributed by atoms with van der Waals surface area (Å²) in [6.07, 6.45) is 2.38. The topological polar surface area (TPSA) is 38.1 Å². The SMILES string of the molecule is CCNCCc1ncc(-c2ccc(C)c(F)c2)o1. The summed E-state index contributed by atoms with van der Waals surface area (Å²) in [4.78, 5) is 4.19. The number of likely N-dealkylation sites (N-methyl/N-ethyl adjacent to an activating group) is 1. The molecule has 1 aromatic carbocycles. The molecule has 0 spiro atoms. The molecule has 0 saturated heterocycles. The van der Waals surface area contributed by atoms with Crippen molar-refractivity contribution in [2.24, 2.45) is 0 Å². The van der Waals surface area contributed by atoms with Crippen LogP contribution in [-0.4, -0.2) is 18.1 Å². The van der Waals surface area contributed by atoms with Gasteiger partial charge in [0.2, 0.25) is 0 Å². The lowest BCUT2D eigenvalue weighted by atomic mass is 10.1. The van der Waals surface area contributed by atoms with E-state index in [0.717, 1.165) is 25.1 Å². The quantitative estimate of drug-likeness (QED) is 0.827. The van der Waals surface area contributed by atoms with Gasteiger partial charge in [0.25, 0.3) is 0 Å². The molecule has 0 atom stereocenters. The highest BCUT2D eigenvalue weighted by molar-refractivity contribution is 5.56. The zero-order valence-electron chi connectivity index (χ0n) is 10.7. The van der Waals surface area contributed by atoms with Crippen LogP contribution in [0.15, 0.2) is 28.8 Å². The van der Waals surface area contributed by atoms with Crippen LogP contribution in [0.4, 0.5) is 4.39 Å². The number of halogens is 1. The van der Waals surface area contributed by atoms with Crippen LogP contribution in [0.3, 0.4) is 0 Å². The number of nitrogens with one attached hydrogen (secondary N) is 1. The molecule has 3 nitrogen and oxygen atoms in total. The maximum atomic E-state index is 13.4. The van der Waals surface area contributed by atoms with Crippen LogP contribution in [0.25, 0.3) is 11.3 Å². The summed E-state index contributed by atoms with van der Waals surface area (Å²) in [5.74, 6) is 1.06. The summed E-state index contributed by atoms with van der Waals surface area (Å²) in [7, 11) is 0. The van der Waals surface area contributed by atoms with Crippen molar-refractivity contribution in [3.63, 3.8) is 0 Å². The van der Waals surface area contributed by atoms with Crippen molar-refractivity contribution >= 4 is 0 Å². The summed E-state index contributed by atoms with van der Waals surface area (Å²) in [6, 6.07) is 5.06. The van der Waals surface area contributed by atoms with Gasteiger partial charge >= 0.3 is 0 Å². The first-order valence-corrected chi connectivity index (χ1v) is 6.12. The third-order valence-electron chi connectivity index (χ3n) is 2.78. The number of oxazole rings is 1. The molecule has 0 aliphatic heterocycles. The van der Waals surface area contributed by atoms with Crippen LogP contribution in [0, 0.1) is 12.7 Å². The van der Waals surface area contributed by atoms with Gasteiger partial charge in [-0.1, -0.05) is 19.1 Å². The number of benzene rings is 1. The van der Waals surface area contributed by atoms with Crippen molar-refractivity contribution in [2.75, 3.05) is 13.1 Å². The average Bonchev–Trinajstić information content (AvgIpc) is 2.82. The van der Waals surface area contributed by atoms with E-state index >= 15 is 0 Å². The fourth-order valence-corrected chi connectivity index (χ4v) is 1.68. The zero-order chi connectivity index (χ0) is 13.0. The van der Waals surface area contributed by atoms with E-state index in [1.807, 2.05) is 6.07 Å². The van der Waals surface area contributed by atoms with Crippen molar-refractivity contribution in [1.29, 1.82) is 0 Å². The summed E-state index contributed by atoms with van der Waals surface area (Å²) in [6.45, 7) is 5.55. The van der Waals surface area contributed by atoms with Gasteiger partial charge in [-0.25, -0.2) is 9.37 Å². The average molecular weight is 248 g/mol. The number of hydrogen-bond acceptors (Lipinski definition) is 3. The maximum Gasteiger partial charge on any atom is 0.196 e. The molecule has 0 fully saturated rings. The molecule has 2 rings (SSSR count). The summed E-state index contributed by atoms with van der Waals surface area (Å²) in [5.41, 5.74) is 1.35. The van der Waals surface area contributed by atoms with Gasteiger partial charge in [0.1, 0.15) is 5.82 Å². The standard InChI is InChI=1S/C14H17FN2O/c1-3-16-7-6-14-17-9-13(18-14)11-5-4-10(2)12(15)8-11/h4-5,8-9,16H,3,6-7H2,1-2H3. The van der Waals surface area contributed by atoms with E-state index in [4.69, 9.17) is 4.42 Å². The summed E-state index contributed by atoms with van der Waals surface area (Å²) >= 11 is 0. The van der Waals surface area contributed by atoms with E-state index in [-0.39, 0.29) is 5.82 Å². The van der Waals surface area contributed by atoms with Gasteiger partial charge in [0.15, 0.2) is 11.7 Å². The Labute approximate surface area is 106 Å². The van der Waals surface area contributed by atoms with Crippen LogP contribution in [0.5, 0.6) is 0 Å². The van der Waals surface area contributed by atoms with Gasteiger partial charge in [0.05, 0.1) is 6.20 Å². The molecule has 2 aromatic rings. The Morgan fingerprint density at radius 1 is 1.39 bits per heavy atom. The van der Waals surface area contributed by atoms with Crippen molar-refractivity contribution < 1.29 is 8.81 Å². The Hall–Kier alpha value is -1.68. The first-order chi connectivity index (χ1) is 8.70. The molecule has 0 unspecified atom stereocenters. The molecule has 0 amide bonds. The van der Waals surface area contributed by atoms with Crippen LogP contribution < -0.4 is 5.32 Å². The number of aromatic nitrogens is 1. The lowest BCUT2D eigenvalue weighted by molar-refractivity contribution is 0.496. The largest absolute Gasteiger partial charge is 0.441 e. The van der Waals surface area contributed by atoms with E-state index < -0.39 is 0 Å². The second-order valence-electron chi connectivity index (χ2n) is 4.19. The molecule has 0 aliphatic rings. The molecule has 1 N–H and O–H groups in total. The molecule has 96 valence electrons. The van der Waals surface area contributed by atoms with E-state index in [9.17, 15) is 4.39 Å². The van der Waals surface area contributed by atoms with Crippen molar-refractivity contribution in [3.05, 3.63) is 41.7 Å². The van der Waals surface area contributed by atoms with Crippen LogP contribution >= 0.6 is 0 Å². The van der Waals surface area contributed by atoms with Crippen LogP contribution in [-0.2, 0) is 6.42 Å². The zero-order valence-corrected chi connectivity index (χ0v) is 10.7. The van der Waals surface area contributed by atoms with Gasteiger partial charge in [-0.05, 0) is 25.1 Å². The Bertz CT molecular complexity index is 522. The van der Waals surface area contributed by atoms with Gasteiger partial charge in [-0.2, -0.15) is 0 Å². The third-order valence-corrected chi connectivity index (χ3v) is 2.78. The van der Waals surface area contributed by atoms with E-state index in [0.29, 0.717) is 17.2 Å². The predicted octanol–water partition coefficient (Wildman–Crippen LogP) is 2.94. The van der Waals surface area contributed by atoms with Gasteiger partial charge in [0, 0.05) is 18.5 Å². The Balaban J connectivity index is 2.11. The van der Waals surface area contributed by atoms with Crippen molar-refractivity contribution in [3.8, 4) is 11.3 Å².